The summed E-state index contributed by atoms with van der Waals surface area (Å²) in [5.41, 5.74) is 1.43. The number of hydrogen-bond donors (Lipinski definition) is 1. The van der Waals surface area contributed by atoms with Gasteiger partial charge in [0.2, 0.25) is 0 Å². The van der Waals surface area contributed by atoms with Gasteiger partial charge >= 0.3 is 0 Å². The van der Waals surface area contributed by atoms with Crippen molar-refractivity contribution < 1.29 is 0 Å². The van der Waals surface area contributed by atoms with Crippen LogP contribution in [0.5, 0.6) is 0 Å². The first-order valence-corrected chi connectivity index (χ1v) is 7.50. The Labute approximate surface area is 118 Å². The number of halogens is 1. The summed E-state index contributed by atoms with van der Waals surface area (Å²) in [7, 11) is 0. The zero-order chi connectivity index (χ0) is 13.0. The SMILES string of the molecule is C#CC(CCC)NC1CC(c2ccccc2Br)C1. The molecule has 0 bridgehead atoms. The Hall–Kier alpha value is -0.780. The molecular weight excluding hydrogens is 286 g/mol. The molecule has 1 nitrogen and oxygen atoms in total. The van der Waals surface area contributed by atoms with Crippen LogP contribution < -0.4 is 5.32 Å². The molecule has 0 saturated heterocycles. The maximum Gasteiger partial charge on any atom is 0.0688 e. The lowest BCUT2D eigenvalue weighted by Gasteiger charge is -2.38. The highest BCUT2D eigenvalue weighted by molar-refractivity contribution is 9.10. The fourth-order valence-electron chi connectivity index (χ4n) is 2.60. The van der Waals surface area contributed by atoms with Gasteiger partial charge in [0, 0.05) is 10.5 Å². The third kappa shape index (κ3) is 3.16. The zero-order valence-corrected chi connectivity index (χ0v) is 12.4. The van der Waals surface area contributed by atoms with E-state index in [1.54, 1.807) is 0 Å². The monoisotopic (exact) mass is 305 g/mol. The molecule has 0 heterocycles. The summed E-state index contributed by atoms with van der Waals surface area (Å²) in [6.45, 7) is 2.18. The Kier molecular flexibility index (Phi) is 4.86. The van der Waals surface area contributed by atoms with Crippen molar-refractivity contribution in [1.82, 2.24) is 5.32 Å². The first-order valence-electron chi connectivity index (χ1n) is 6.71. The molecule has 1 atom stereocenters. The summed E-state index contributed by atoms with van der Waals surface area (Å²) in [6.07, 6.45) is 10.2. The van der Waals surface area contributed by atoms with Gasteiger partial charge in [0.1, 0.15) is 0 Å². The second kappa shape index (κ2) is 6.41. The molecule has 96 valence electrons. The fraction of sp³-hybridized carbons (Fsp3) is 0.500. The molecule has 1 aromatic rings. The molecule has 1 aliphatic carbocycles. The van der Waals surface area contributed by atoms with E-state index >= 15 is 0 Å². The average molecular weight is 306 g/mol. The van der Waals surface area contributed by atoms with Crippen molar-refractivity contribution in [2.45, 2.75) is 50.6 Å². The normalized spacial score (nSPS) is 24.1. The molecule has 1 unspecified atom stereocenters. The van der Waals surface area contributed by atoms with E-state index in [1.807, 2.05) is 0 Å². The number of nitrogens with one attached hydrogen (secondary N) is 1. The second-order valence-electron chi connectivity index (χ2n) is 5.06. The highest BCUT2D eigenvalue weighted by Gasteiger charge is 2.32. The highest BCUT2D eigenvalue weighted by atomic mass is 79.9. The van der Waals surface area contributed by atoms with Gasteiger partial charge in [0.25, 0.3) is 0 Å². The lowest BCUT2D eigenvalue weighted by atomic mass is 9.75. The molecule has 1 N–H and O–H groups in total. The van der Waals surface area contributed by atoms with E-state index < -0.39 is 0 Å². The van der Waals surface area contributed by atoms with Gasteiger partial charge < -0.3 is 5.32 Å². The van der Waals surface area contributed by atoms with Crippen molar-refractivity contribution in [2.75, 3.05) is 0 Å². The maximum atomic E-state index is 5.54. The van der Waals surface area contributed by atoms with Gasteiger partial charge in [-0.3, -0.25) is 0 Å². The molecule has 2 heteroatoms. The summed E-state index contributed by atoms with van der Waals surface area (Å²) < 4.78 is 1.23. The predicted octanol–water partition coefficient (Wildman–Crippen LogP) is 4.09. The van der Waals surface area contributed by atoms with Crippen molar-refractivity contribution >= 4 is 15.9 Å². The third-order valence-electron chi connectivity index (χ3n) is 3.70. The molecule has 1 saturated carbocycles. The Balaban J connectivity index is 1.84. The number of rotatable bonds is 5. The highest BCUT2D eigenvalue weighted by Crippen LogP contribution is 2.40. The van der Waals surface area contributed by atoms with Crippen LogP contribution in [0.1, 0.15) is 44.1 Å². The van der Waals surface area contributed by atoms with E-state index in [0.29, 0.717) is 12.0 Å². The predicted molar refractivity (Wildman–Crippen MR) is 80.6 cm³/mol. The van der Waals surface area contributed by atoms with E-state index in [2.05, 4.69) is 58.4 Å². The molecule has 2 rings (SSSR count). The Morgan fingerprint density at radius 2 is 2.17 bits per heavy atom. The van der Waals surface area contributed by atoms with Crippen LogP contribution in [0.2, 0.25) is 0 Å². The van der Waals surface area contributed by atoms with E-state index in [-0.39, 0.29) is 6.04 Å². The first-order chi connectivity index (χ1) is 8.74. The smallest absolute Gasteiger partial charge is 0.0688 e. The largest absolute Gasteiger partial charge is 0.301 e. The lowest BCUT2D eigenvalue weighted by Crippen LogP contribution is -2.45. The van der Waals surface area contributed by atoms with Crippen molar-refractivity contribution in [3.05, 3.63) is 34.3 Å². The van der Waals surface area contributed by atoms with Gasteiger partial charge in [-0.25, -0.2) is 0 Å². The number of hydrogen-bond acceptors (Lipinski definition) is 1. The van der Waals surface area contributed by atoms with Crippen molar-refractivity contribution in [2.24, 2.45) is 0 Å². The van der Waals surface area contributed by atoms with Crippen LogP contribution in [0.4, 0.5) is 0 Å². The van der Waals surface area contributed by atoms with Crippen molar-refractivity contribution in [3.8, 4) is 12.3 Å². The molecule has 0 aliphatic heterocycles. The second-order valence-corrected chi connectivity index (χ2v) is 5.92. The van der Waals surface area contributed by atoms with E-state index in [0.717, 1.165) is 12.8 Å². The van der Waals surface area contributed by atoms with Crippen LogP contribution in [0, 0.1) is 12.3 Å². The molecule has 0 aromatic heterocycles. The average Bonchev–Trinajstić information content (AvgIpc) is 2.33. The molecule has 0 amide bonds. The standard InChI is InChI=1S/C16H20BrN/c1-3-7-13(4-2)18-14-10-12(11-14)15-8-5-6-9-16(15)17/h2,5-6,8-9,12-14,18H,3,7,10-11H2,1H3. The molecule has 1 fully saturated rings. The minimum atomic E-state index is 0.250. The topological polar surface area (TPSA) is 12.0 Å². The summed E-state index contributed by atoms with van der Waals surface area (Å²) in [5.74, 6) is 3.53. The Morgan fingerprint density at radius 1 is 1.44 bits per heavy atom. The molecule has 1 aromatic carbocycles. The van der Waals surface area contributed by atoms with E-state index in [9.17, 15) is 0 Å². The van der Waals surface area contributed by atoms with Crippen LogP contribution in [0.15, 0.2) is 28.7 Å². The maximum absolute atomic E-state index is 5.54. The van der Waals surface area contributed by atoms with Crippen LogP contribution in [-0.2, 0) is 0 Å². The number of benzene rings is 1. The third-order valence-corrected chi connectivity index (χ3v) is 4.42. The quantitative estimate of drug-likeness (QED) is 0.808. The van der Waals surface area contributed by atoms with Crippen LogP contribution in [0.25, 0.3) is 0 Å². The molecule has 0 spiro atoms. The number of terminal acetylenes is 1. The van der Waals surface area contributed by atoms with Gasteiger partial charge in [-0.15, -0.1) is 6.42 Å². The van der Waals surface area contributed by atoms with Crippen LogP contribution in [-0.4, -0.2) is 12.1 Å². The first kappa shape index (κ1) is 13.6. The zero-order valence-electron chi connectivity index (χ0n) is 10.8. The fourth-order valence-corrected chi connectivity index (χ4v) is 3.21. The summed E-state index contributed by atoms with van der Waals surface area (Å²) >= 11 is 3.63. The van der Waals surface area contributed by atoms with E-state index in [4.69, 9.17) is 6.42 Å². The van der Waals surface area contributed by atoms with Crippen LogP contribution >= 0.6 is 15.9 Å². The van der Waals surface area contributed by atoms with Crippen LogP contribution in [0.3, 0.4) is 0 Å². The van der Waals surface area contributed by atoms with Gasteiger partial charge in [0.15, 0.2) is 0 Å². The minimum Gasteiger partial charge on any atom is -0.301 e. The summed E-state index contributed by atoms with van der Waals surface area (Å²) in [6, 6.07) is 9.36. The molecule has 1 aliphatic rings. The van der Waals surface area contributed by atoms with Crippen molar-refractivity contribution in [1.29, 1.82) is 0 Å². The Bertz CT molecular complexity index is 429. The van der Waals surface area contributed by atoms with Crippen molar-refractivity contribution in [3.63, 3.8) is 0 Å². The molecule has 0 radical (unpaired) electrons. The Morgan fingerprint density at radius 3 is 2.78 bits per heavy atom. The minimum absolute atomic E-state index is 0.250. The van der Waals surface area contributed by atoms with Gasteiger partial charge in [-0.05, 0) is 36.8 Å². The van der Waals surface area contributed by atoms with Gasteiger partial charge in [0.05, 0.1) is 6.04 Å². The summed E-state index contributed by atoms with van der Waals surface area (Å²) in [4.78, 5) is 0. The van der Waals surface area contributed by atoms with E-state index in [1.165, 1.54) is 22.9 Å². The van der Waals surface area contributed by atoms with Gasteiger partial charge in [-0.1, -0.05) is 53.4 Å². The molecular formula is C16H20BrN. The molecule has 18 heavy (non-hydrogen) atoms. The van der Waals surface area contributed by atoms with Gasteiger partial charge in [-0.2, -0.15) is 0 Å². The summed E-state index contributed by atoms with van der Waals surface area (Å²) in [5, 5.41) is 3.57. The lowest BCUT2D eigenvalue weighted by molar-refractivity contribution is 0.275.